The van der Waals surface area contributed by atoms with Gasteiger partial charge in [0.25, 0.3) is 0 Å². The van der Waals surface area contributed by atoms with Crippen LogP contribution < -0.4 is 5.73 Å². The molecule has 1 nitrogen and oxygen atoms in total. The van der Waals surface area contributed by atoms with Crippen molar-refractivity contribution in [2.75, 3.05) is 6.54 Å². The predicted octanol–water partition coefficient (Wildman–Crippen LogP) is -0.517. The zero-order valence-electron chi connectivity index (χ0n) is 2.57. The van der Waals surface area contributed by atoms with Crippen molar-refractivity contribution < 1.29 is 0 Å². The first-order valence-electron chi connectivity index (χ1n) is 1.22. The van der Waals surface area contributed by atoms with Gasteiger partial charge in [0.1, 0.15) is 0 Å². The van der Waals surface area contributed by atoms with Crippen LogP contribution in [-0.2, 0) is 0 Å². The van der Waals surface area contributed by atoms with Crippen LogP contribution >= 0.6 is 0 Å². The normalized spacial score (nSPS) is 5.00. The minimum atomic E-state index is 0. The summed E-state index contributed by atoms with van der Waals surface area (Å²) in [5.41, 5.74) is 4.91. The van der Waals surface area contributed by atoms with Crippen LogP contribution in [0.3, 0.4) is 0 Å². The molecule has 0 aliphatic rings. The third-order valence-corrected chi connectivity index (χ3v) is 0.167. The van der Waals surface area contributed by atoms with Crippen LogP contribution in [0, 0.1) is 0 Å². The Bertz CT molecular complexity index is 20.9. The van der Waals surface area contributed by atoms with Crippen LogP contribution in [0.4, 0.5) is 0 Å². The average Bonchev–Trinajstić information content (AvgIpc) is 1.37. The molecule has 0 aromatic heterocycles. The Morgan fingerprint density at radius 3 is 2.00 bits per heavy atom. The molecule has 0 unspecified atom stereocenters. The molecule has 0 rings (SSSR count). The summed E-state index contributed by atoms with van der Waals surface area (Å²) in [6.07, 6.45) is 1.65. The van der Waals surface area contributed by atoms with E-state index in [1.807, 2.05) is 0 Å². The number of hydrogen-bond donors (Lipinski definition) is 1. The van der Waals surface area contributed by atoms with E-state index in [0.717, 1.165) is 0 Å². The van der Waals surface area contributed by atoms with Gasteiger partial charge in [0.2, 0.25) is 0 Å². The van der Waals surface area contributed by atoms with Crippen LogP contribution in [-0.4, -0.2) is 36.1 Å². The summed E-state index contributed by atoms with van der Waals surface area (Å²) in [7, 11) is 0. The van der Waals surface area contributed by atoms with Gasteiger partial charge < -0.3 is 5.73 Å². The molecular formula is C3H8NNa. The molecule has 0 amide bonds. The summed E-state index contributed by atoms with van der Waals surface area (Å²) in [4.78, 5) is 0. The van der Waals surface area contributed by atoms with E-state index >= 15 is 0 Å². The summed E-state index contributed by atoms with van der Waals surface area (Å²) in [6, 6.07) is 0. The van der Waals surface area contributed by atoms with Gasteiger partial charge in [-0.1, -0.05) is 6.08 Å². The average molecular weight is 81.1 g/mol. The molecule has 0 heterocycles. The second kappa shape index (κ2) is 8.83. The van der Waals surface area contributed by atoms with Crippen molar-refractivity contribution in [1.82, 2.24) is 0 Å². The Hall–Kier alpha value is 0.700. The Labute approximate surface area is 54.5 Å². The summed E-state index contributed by atoms with van der Waals surface area (Å²) < 4.78 is 0. The quantitative estimate of drug-likeness (QED) is 0.333. The van der Waals surface area contributed by atoms with E-state index in [0.29, 0.717) is 6.54 Å². The SMILES string of the molecule is C=CCN.[NaH]. The molecule has 0 fully saturated rings. The molecule has 0 aliphatic carbocycles. The first kappa shape index (κ1) is 9.20. The van der Waals surface area contributed by atoms with Crippen molar-refractivity contribution in [2.45, 2.75) is 0 Å². The zero-order chi connectivity index (χ0) is 3.41. The summed E-state index contributed by atoms with van der Waals surface area (Å²) >= 11 is 0. The molecular weight excluding hydrogens is 73.0 g/mol. The van der Waals surface area contributed by atoms with Gasteiger partial charge in [0.15, 0.2) is 0 Å². The van der Waals surface area contributed by atoms with Crippen LogP contribution in [0.15, 0.2) is 12.7 Å². The Morgan fingerprint density at radius 2 is 2.00 bits per heavy atom. The molecule has 26 valence electrons. The van der Waals surface area contributed by atoms with Gasteiger partial charge in [-0.3, -0.25) is 0 Å². The maximum absolute atomic E-state index is 4.91. The molecule has 0 saturated heterocycles. The Balaban J connectivity index is 0. The fraction of sp³-hybridized carbons (Fsp3) is 0.333. The minimum absolute atomic E-state index is 0. The fourth-order valence-corrected chi connectivity index (χ4v) is 0. The van der Waals surface area contributed by atoms with Crippen molar-refractivity contribution in [3.63, 3.8) is 0 Å². The van der Waals surface area contributed by atoms with Crippen molar-refractivity contribution in [3.05, 3.63) is 12.7 Å². The van der Waals surface area contributed by atoms with Gasteiger partial charge in [-0.05, 0) is 0 Å². The zero-order valence-corrected chi connectivity index (χ0v) is 2.57. The van der Waals surface area contributed by atoms with Crippen molar-refractivity contribution >= 4 is 29.6 Å². The van der Waals surface area contributed by atoms with Gasteiger partial charge in [0.05, 0.1) is 0 Å². The fourth-order valence-electron chi connectivity index (χ4n) is 0. The number of nitrogens with two attached hydrogens (primary N) is 1. The monoisotopic (exact) mass is 81.1 g/mol. The molecule has 0 radical (unpaired) electrons. The predicted molar refractivity (Wildman–Crippen MR) is 26.4 cm³/mol. The van der Waals surface area contributed by atoms with E-state index in [2.05, 4.69) is 6.58 Å². The third-order valence-electron chi connectivity index (χ3n) is 0.167. The first-order valence-corrected chi connectivity index (χ1v) is 1.22. The van der Waals surface area contributed by atoms with E-state index in [-0.39, 0.29) is 29.6 Å². The molecule has 0 aliphatic heterocycles. The molecule has 0 atom stereocenters. The summed E-state index contributed by atoms with van der Waals surface area (Å²) in [6.45, 7) is 3.94. The van der Waals surface area contributed by atoms with E-state index in [1.165, 1.54) is 0 Å². The number of hydrogen-bond acceptors (Lipinski definition) is 1. The third kappa shape index (κ3) is 11.9. The van der Waals surface area contributed by atoms with E-state index in [1.54, 1.807) is 6.08 Å². The second-order valence-corrected chi connectivity index (χ2v) is 0.524. The molecule has 0 aromatic rings. The molecule has 0 saturated carbocycles. The van der Waals surface area contributed by atoms with E-state index < -0.39 is 0 Å². The second-order valence-electron chi connectivity index (χ2n) is 0.524. The molecule has 0 spiro atoms. The molecule has 0 aromatic carbocycles. The molecule has 5 heavy (non-hydrogen) atoms. The van der Waals surface area contributed by atoms with Crippen molar-refractivity contribution in [2.24, 2.45) is 5.73 Å². The standard InChI is InChI=1S/C3H7N.Na.H/c1-2-3-4;;/h2H,1,3-4H2;;. The first-order chi connectivity index (χ1) is 1.91. The van der Waals surface area contributed by atoms with E-state index in [4.69, 9.17) is 5.73 Å². The summed E-state index contributed by atoms with van der Waals surface area (Å²) in [5.74, 6) is 0. The van der Waals surface area contributed by atoms with Crippen LogP contribution in [0.25, 0.3) is 0 Å². The van der Waals surface area contributed by atoms with Gasteiger partial charge in [-0.2, -0.15) is 0 Å². The van der Waals surface area contributed by atoms with Crippen LogP contribution in [0.2, 0.25) is 0 Å². The molecule has 2 N–H and O–H groups in total. The van der Waals surface area contributed by atoms with Crippen LogP contribution in [0.5, 0.6) is 0 Å². The van der Waals surface area contributed by atoms with Gasteiger partial charge in [0, 0.05) is 6.54 Å². The van der Waals surface area contributed by atoms with Gasteiger partial charge >= 0.3 is 29.6 Å². The Morgan fingerprint density at radius 1 is 1.80 bits per heavy atom. The Kier molecular flexibility index (Phi) is 16.2. The van der Waals surface area contributed by atoms with Crippen molar-refractivity contribution in [1.29, 1.82) is 0 Å². The molecule has 2 heteroatoms. The van der Waals surface area contributed by atoms with Gasteiger partial charge in [-0.15, -0.1) is 6.58 Å². The van der Waals surface area contributed by atoms with E-state index in [9.17, 15) is 0 Å². The maximum atomic E-state index is 4.91. The number of rotatable bonds is 1. The van der Waals surface area contributed by atoms with Crippen molar-refractivity contribution in [3.8, 4) is 0 Å². The summed E-state index contributed by atoms with van der Waals surface area (Å²) in [5, 5.41) is 0. The van der Waals surface area contributed by atoms with Gasteiger partial charge in [-0.25, -0.2) is 0 Å². The van der Waals surface area contributed by atoms with Crippen LogP contribution in [0.1, 0.15) is 0 Å². The molecule has 0 bridgehead atoms. The topological polar surface area (TPSA) is 26.0 Å².